The van der Waals surface area contributed by atoms with Crippen LogP contribution in [0.5, 0.6) is 0 Å². The quantitative estimate of drug-likeness (QED) is 0.139. The molecule has 0 saturated carbocycles. The summed E-state index contributed by atoms with van der Waals surface area (Å²) in [6.45, 7) is 0. The number of aromatic nitrogens is 3. The Bertz CT molecular complexity index is 1610. The Morgan fingerprint density at radius 1 is 0.943 bits per heavy atom. The van der Waals surface area contributed by atoms with Gasteiger partial charge in [0.2, 0.25) is 5.13 Å². The van der Waals surface area contributed by atoms with E-state index < -0.39 is 10.5 Å². The van der Waals surface area contributed by atoms with Gasteiger partial charge < -0.3 is 0 Å². The smallest absolute Gasteiger partial charge is 0.286 e. The van der Waals surface area contributed by atoms with Crippen LogP contribution in [0.15, 0.2) is 104 Å². The summed E-state index contributed by atoms with van der Waals surface area (Å²) in [7, 11) is 0. The normalized spacial score (nSPS) is 11.2. The second-order valence-corrected chi connectivity index (χ2v) is 9.00. The molecule has 9 nitrogen and oxygen atoms in total. The first-order valence-electron chi connectivity index (χ1n) is 10.3. The Kier molecular flexibility index (Phi) is 6.17. The fraction of sp³-hybridized carbons (Fsp3) is 0. The van der Waals surface area contributed by atoms with Gasteiger partial charge in [0.05, 0.1) is 22.0 Å². The molecule has 2 aromatic heterocycles. The van der Waals surface area contributed by atoms with Crippen LogP contribution >= 0.6 is 27.3 Å². The highest BCUT2D eigenvalue weighted by atomic mass is 79.9. The predicted molar refractivity (Wildman–Crippen MR) is 138 cm³/mol. The Labute approximate surface area is 210 Å². The van der Waals surface area contributed by atoms with Crippen molar-refractivity contribution in [2.24, 2.45) is 10.2 Å². The number of hydrogen-bond donors (Lipinski definition) is 1. The van der Waals surface area contributed by atoms with E-state index in [4.69, 9.17) is 0 Å². The highest BCUT2D eigenvalue weighted by molar-refractivity contribution is 9.10. The summed E-state index contributed by atoms with van der Waals surface area (Å²) >= 11 is 4.73. The third kappa shape index (κ3) is 4.59. The monoisotopic (exact) mass is 546 g/mol. The molecular weight excluding hydrogens is 532 g/mol. The summed E-state index contributed by atoms with van der Waals surface area (Å²) < 4.78 is 2.03. The maximum Gasteiger partial charge on any atom is 0.301 e. The molecule has 172 valence electrons. The fourth-order valence-corrected chi connectivity index (χ4v) is 4.51. The lowest BCUT2D eigenvalue weighted by Crippen LogP contribution is -2.13. The van der Waals surface area contributed by atoms with Crippen LogP contribution in [-0.4, -0.2) is 19.7 Å². The molecule has 0 aliphatic rings. The third-order valence-corrected chi connectivity index (χ3v) is 6.59. The van der Waals surface area contributed by atoms with Gasteiger partial charge in [0.25, 0.3) is 5.69 Å². The van der Waals surface area contributed by atoms with Crippen LogP contribution in [0.2, 0.25) is 0 Å². The molecule has 0 aliphatic carbocycles. The van der Waals surface area contributed by atoms with E-state index in [2.05, 4.69) is 36.2 Å². The second kappa shape index (κ2) is 9.57. The minimum atomic E-state index is -0.480. The van der Waals surface area contributed by atoms with Gasteiger partial charge in [-0.2, -0.15) is 4.68 Å². The Balaban J connectivity index is 1.62. The van der Waals surface area contributed by atoms with E-state index in [1.165, 1.54) is 28.2 Å². The molecule has 11 heteroatoms. The highest BCUT2D eigenvalue weighted by Gasteiger charge is 2.20. The molecule has 35 heavy (non-hydrogen) atoms. The van der Waals surface area contributed by atoms with Crippen molar-refractivity contribution in [1.29, 1.82) is 0 Å². The summed E-state index contributed by atoms with van der Waals surface area (Å²) in [4.78, 5) is 28.6. The predicted octanol–water partition coefficient (Wildman–Crippen LogP) is 7.04. The number of nitro groups is 1. The van der Waals surface area contributed by atoms with Gasteiger partial charge in [-0.25, -0.2) is 4.98 Å². The molecule has 0 spiro atoms. The topological polar surface area (TPSA) is 119 Å². The molecular formula is C24H15BrN6O3S. The average Bonchev–Trinajstić information content (AvgIpc) is 3.49. The minimum Gasteiger partial charge on any atom is -0.286 e. The van der Waals surface area contributed by atoms with Crippen molar-refractivity contribution < 1.29 is 4.92 Å². The number of thiazole rings is 1. The van der Waals surface area contributed by atoms with Crippen LogP contribution in [0.1, 0.15) is 0 Å². The van der Waals surface area contributed by atoms with Crippen molar-refractivity contribution in [2.75, 3.05) is 0 Å². The van der Waals surface area contributed by atoms with Crippen molar-refractivity contribution in [2.45, 2.75) is 0 Å². The number of aromatic amines is 1. The van der Waals surface area contributed by atoms with Gasteiger partial charge in [-0.15, -0.1) is 21.6 Å². The molecule has 0 radical (unpaired) electrons. The molecule has 5 aromatic rings. The summed E-state index contributed by atoms with van der Waals surface area (Å²) in [6, 6.07) is 22.7. The molecule has 0 atom stereocenters. The first kappa shape index (κ1) is 22.6. The molecule has 3 aromatic carbocycles. The summed E-state index contributed by atoms with van der Waals surface area (Å²) in [6.07, 6.45) is 0. The first-order chi connectivity index (χ1) is 17.0. The van der Waals surface area contributed by atoms with Crippen molar-refractivity contribution in [3.05, 3.63) is 109 Å². The van der Waals surface area contributed by atoms with Gasteiger partial charge in [-0.1, -0.05) is 42.5 Å². The maximum absolute atomic E-state index is 13.4. The molecule has 0 amide bonds. The Morgan fingerprint density at radius 2 is 1.66 bits per heavy atom. The van der Waals surface area contributed by atoms with Gasteiger partial charge in [0, 0.05) is 33.1 Å². The van der Waals surface area contributed by atoms with E-state index in [-0.39, 0.29) is 11.4 Å². The van der Waals surface area contributed by atoms with Crippen LogP contribution in [0, 0.1) is 10.1 Å². The van der Waals surface area contributed by atoms with Crippen LogP contribution < -0.4 is 5.56 Å². The summed E-state index contributed by atoms with van der Waals surface area (Å²) in [5.41, 5.74) is 2.70. The van der Waals surface area contributed by atoms with E-state index >= 15 is 0 Å². The van der Waals surface area contributed by atoms with Crippen LogP contribution in [0.3, 0.4) is 0 Å². The zero-order valence-corrected chi connectivity index (χ0v) is 20.2. The number of azo groups is 1. The SMILES string of the molecule is O=c1c(N=Nc2ccccc2Br)c(-c2ccc([N+](=O)[O-])cc2)[nH]n1-c1nc(-c2ccccc2)cs1. The number of hydrogen-bond acceptors (Lipinski definition) is 7. The number of H-pyrrole nitrogens is 1. The fourth-order valence-electron chi connectivity index (χ4n) is 3.35. The highest BCUT2D eigenvalue weighted by Crippen LogP contribution is 2.32. The third-order valence-electron chi connectivity index (χ3n) is 5.10. The lowest BCUT2D eigenvalue weighted by atomic mass is 10.1. The van der Waals surface area contributed by atoms with Gasteiger partial charge in [0.15, 0.2) is 5.69 Å². The Morgan fingerprint density at radius 3 is 2.37 bits per heavy atom. The molecule has 0 bridgehead atoms. The molecule has 5 rings (SSSR count). The van der Waals surface area contributed by atoms with Crippen molar-refractivity contribution in [3.8, 4) is 27.6 Å². The van der Waals surface area contributed by atoms with Gasteiger partial charge in [0.1, 0.15) is 0 Å². The lowest BCUT2D eigenvalue weighted by molar-refractivity contribution is -0.384. The van der Waals surface area contributed by atoms with Gasteiger partial charge >= 0.3 is 5.56 Å². The number of nitrogens with zero attached hydrogens (tertiary/aromatic N) is 5. The number of rotatable bonds is 6. The van der Waals surface area contributed by atoms with E-state index in [1.54, 1.807) is 18.2 Å². The maximum atomic E-state index is 13.4. The van der Waals surface area contributed by atoms with Gasteiger partial charge in [-0.3, -0.25) is 20.0 Å². The van der Waals surface area contributed by atoms with Crippen molar-refractivity contribution in [1.82, 2.24) is 14.8 Å². The van der Waals surface area contributed by atoms with Crippen molar-refractivity contribution >= 4 is 44.3 Å². The van der Waals surface area contributed by atoms with Crippen LogP contribution in [-0.2, 0) is 0 Å². The second-order valence-electron chi connectivity index (χ2n) is 7.31. The molecule has 0 saturated heterocycles. The molecule has 2 heterocycles. The largest absolute Gasteiger partial charge is 0.301 e. The minimum absolute atomic E-state index is 0.0562. The van der Waals surface area contributed by atoms with Crippen LogP contribution in [0.25, 0.3) is 27.6 Å². The van der Waals surface area contributed by atoms with Crippen molar-refractivity contribution in [3.63, 3.8) is 0 Å². The van der Waals surface area contributed by atoms with E-state index in [0.29, 0.717) is 22.1 Å². The number of nitrogens with one attached hydrogen (secondary N) is 1. The molecule has 1 N–H and O–H groups in total. The van der Waals surface area contributed by atoms with Gasteiger partial charge in [-0.05, 0) is 40.2 Å². The van der Waals surface area contributed by atoms with E-state index in [9.17, 15) is 14.9 Å². The number of nitro benzene ring substituents is 1. The number of halogens is 1. The Hall–Kier alpha value is -4.22. The van der Waals surface area contributed by atoms with E-state index in [1.807, 2.05) is 53.9 Å². The number of benzene rings is 3. The standard InChI is InChI=1S/C24H15BrN6O3S/c25-18-8-4-5-9-19(18)27-28-22-21(16-10-12-17(13-11-16)31(33)34)29-30(23(22)32)24-26-20(14-35-24)15-6-2-1-3-7-15/h1-14,29H. The molecule has 0 aliphatic heterocycles. The average molecular weight is 547 g/mol. The zero-order chi connectivity index (χ0) is 24.4. The summed E-state index contributed by atoms with van der Waals surface area (Å²) in [5, 5.41) is 24.9. The molecule has 0 fully saturated rings. The van der Waals surface area contributed by atoms with E-state index in [0.717, 1.165) is 15.7 Å². The number of non-ortho nitro benzene ring substituents is 1. The first-order valence-corrected chi connectivity index (χ1v) is 12.0. The van der Waals surface area contributed by atoms with Crippen LogP contribution in [0.4, 0.5) is 17.1 Å². The lowest BCUT2D eigenvalue weighted by Gasteiger charge is -2.00. The molecule has 0 unspecified atom stereocenters. The summed E-state index contributed by atoms with van der Waals surface area (Å²) in [5.74, 6) is 0. The zero-order valence-electron chi connectivity index (χ0n) is 17.8.